The molecule has 1 N–H and O–H groups in total. The van der Waals surface area contributed by atoms with E-state index in [1.54, 1.807) is 44.3 Å². The van der Waals surface area contributed by atoms with E-state index in [-0.39, 0.29) is 23.7 Å². The number of amides is 2. The van der Waals surface area contributed by atoms with Gasteiger partial charge in [0.15, 0.2) is 12.4 Å². The smallest absolute Gasteiger partial charge is 0.338 e. The van der Waals surface area contributed by atoms with Crippen molar-refractivity contribution in [3.63, 3.8) is 0 Å². The molecule has 3 aromatic rings. The first-order valence-electron chi connectivity index (χ1n) is 9.44. The number of nitrogens with zero attached hydrogens (tertiary/aromatic N) is 1. The molecule has 0 aliphatic carbocycles. The molecule has 0 aliphatic heterocycles. The average molecular weight is 424 g/mol. The summed E-state index contributed by atoms with van der Waals surface area (Å²) in [5.41, 5.74) is 2.11. The van der Waals surface area contributed by atoms with Gasteiger partial charge in [0.05, 0.1) is 11.8 Å². The summed E-state index contributed by atoms with van der Waals surface area (Å²) in [6.07, 6.45) is 1.39. The number of rotatable bonds is 7. The van der Waals surface area contributed by atoms with Crippen molar-refractivity contribution < 1.29 is 27.9 Å². The Labute approximate surface area is 178 Å². The maximum Gasteiger partial charge on any atom is 0.338 e. The molecule has 0 radical (unpaired) electrons. The molecule has 31 heavy (non-hydrogen) atoms. The second-order valence-electron chi connectivity index (χ2n) is 6.91. The second kappa shape index (κ2) is 9.71. The van der Waals surface area contributed by atoms with Crippen molar-refractivity contribution >= 4 is 23.5 Å². The number of anilines is 1. The molecule has 0 bridgehead atoms. The van der Waals surface area contributed by atoms with Gasteiger partial charge in [-0.05, 0) is 54.4 Å². The SMILES string of the molecule is Cc1ccc(C(=O)OCC(=O)N(C)Cc2ccc(F)cc2)cc1NC(=O)c1ccco1. The first-order valence-corrected chi connectivity index (χ1v) is 9.44. The molecular weight excluding hydrogens is 403 g/mol. The molecule has 0 unspecified atom stereocenters. The Morgan fingerprint density at radius 1 is 1.10 bits per heavy atom. The highest BCUT2D eigenvalue weighted by Crippen LogP contribution is 2.19. The Kier molecular flexibility index (Phi) is 6.81. The molecule has 3 rings (SSSR count). The van der Waals surface area contributed by atoms with Crippen LogP contribution in [0.5, 0.6) is 0 Å². The van der Waals surface area contributed by atoms with Crippen molar-refractivity contribution in [3.05, 3.63) is 89.1 Å². The third-order valence-corrected chi connectivity index (χ3v) is 4.55. The van der Waals surface area contributed by atoms with Crippen LogP contribution in [0.2, 0.25) is 0 Å². The zero-order chi connectivity index (χ0) is 22.4. The van der Waals surface area contributed by atoms with Crippen molar-refractivity contribution in [1.29, 1.82) is 0 Å². The number of furan rings is 1. The maximum absolute atomic E-state index is 13.0. The molecule has 0 atom stereocenters. The van der Waals surface area contributed by atoms with E-state index in [0.29, 0.717) is 5.69 Å². The molecule has 0 saturated carbocycles. The third-order valence-electron chi connectivity index (χ3n) is 4.55. The van der Waals surface area contributed by atoms with Gasteiger partial charge in [0, 0.05) is 19.3 Å². The monoisotopic (exact) mass is 424 g/mol. The van der Waals surface area contributed by atoms with E-state index in [1.807, 2.05) is 0 Å². The fourth-order valence-electron chi connectivity index (χ4n) is 2.75. The molecule has 0 fully saturated rings. The van der Waals surface area contributed by atoms with E-state index in [9.17, 15) is 18.8 Å². The van der Waals surface area contributed by atoms with Crippen molar-refractivity contribution in [2.75, 3.05) is 19.0 Å². The van der Waals surface area contributed by atoms with Gasteiger partial charge < -0.3 is 19.4 Å². The lowest BCUT2D eigenvalue weighted by atomic mass is 10.1. The Bertz CT molecular complexity index is 1080. The molecule has 1 aromatic heterocycles. The molecule has 7 nitrogen and oxygen atoms in total. The van der Waals surface area contributed by atoms with Gasteiger partial charge in [-0.25, -0.2) is 9.18 Å². The van der Waals surface area contributed by atoms with Crippen LogP contribution in [0.25, 0.3) is 0 Å². The van der Waals surface area contributed by atoms with Gasteiger partial charge in [0.2, 0.25) is 0 Å². The van der Waals surface area contributed by atoms with Gasteiger partial charge in [-0.2, -0.15) is 0 Å². The molecule has 2 aromatic carbocycles. The lowest BCUT2D eigenvalue weighted by Gasteiger charge is -2.17. The van der Waals surface area contributed by atoms with Crippen LogP contribution >= 0.6 is 0 Å². The zero-order valence-electron chi connectivity index (χ0n) is 17.1. The standard InChI is InChI=1S/C23H21FN2O5/c1-15-5-8-17(12-19(15)25-22(28)20-4-3-11-30-20)23(29)31-14-21(27)26(2)13-16-6-9-18(24)10-7-16/h3-12H,13-14H2,1-2H3,(H,25,28). The summed E-state index contributed by atoms with van der Waals surface area (Å²) in [6.45, 7) is 1.59. The molecule has 2 amide bonds. The first kappa shape index (κ1) is 21.8. The molecular formula is C23H21FN2O5. The van der Waals surface area contributed by atoms with E-state index in [4.69, 9.17) is 9.15 Å². The second-order valence-corrected chi connectivity index (χ2v) is 6.91. The van der Waals surface area contributed by atoms with Crippen molar-refractivity contribution in [3.8, 4) is 0 Å². The van der Waals surface area contributed by atoms with E-state index in [0.717, 1.165) is 11.1 Å². The van der Waals surface area contributed by atoms with E-state index in [1.165, 1.54) is 35.4 Å². The highest BCUT2D eigenvalue weighted by atomic mass is 19.1. The lowest BCUT2D eigenvalue weighted by Crippen LogP contribution is -2.30. The van der Waals surface area contributed by atoms with Crippen LogP contribution in [0.1, 0.15) is 32.0 Å². The predicted molar refractivity (Wildman–Crippen MR) is 111 cm³/mol. The Morgan fingerprint density at radius 3 is 2.52 bits per heavy atom. The summed E-state index contributed by atoms with van der Waals surface area (Å²) in [7, 11) is 1.56. The summed E-state index contributed by atoms with van der Waals surface area (Å²) < 4.78 is 23.2. The average Bonchev–Trinajstić information content (AvgIpc) is 3.30. The summed E-state index contributed by atoms with van der Waals surface area (Å²) >= 11 is 0. The van der Waals surface area contributed by atoms with Gasteiger partial charge in [0.1, 0.15) is 5.82 Å². The summed E-state index contributed by atoms with van der Waals surface area (Å²) in [5, 5.41) is 2.68. The minimum absolute atomic E-state index is 0.141. The number of benzene rings is 2. The van der Waals surface area contributed by atoms with Crippen LogP contribution in [-0.4, -0.2) is 36.3 Å². The minimum atomic E-state index is -0.697. The number of esters is 1. The highest BCUT2D eigenvalue weighted by molar-refractivity contribution is 6.03. The van der Waals surface area contributed by atoms with Crippen molar-refractivity contribution in [2.45, 2.75) is 13.5 Å². The number of carbonyl (C=O) groups excluding carboxylic acids is 3. The van der Waals surface area contributed by atoms with Crippen LogP contribution in [0.4, 0.5) is 10.1 Å². The number of nitrogens with one attached hydrogen (secondary N) is 1. The number of carbonyl (C=O) groups is 3. The molecule has 0 spiro atoms. The Morgan fingerprint density at radius 2 is 1.84 bits per heavy atom. The van der Waals surface area contributed by atoms with Crippen LogP contribution in [0.3, 0.4) is 0 Å². The van der Waals surface area contributed by atoms with Crippen molar-refractivity contribution in [1.82, 2.24) is 4.90 Å². The third kappa shape index (κ3) is 5.79. The predicted octanol–water partition coefficient (Wildman–Crippen LogP) is 3.79. The van der Waals surface area contributed by atoms with E-state index < -0.39 is 24.4 Å². The normalized spacial score (nSPS) is 10.4. The maximum atomic E-state index is 13.0. The first-order chi connectivity index (χ1) is 14.8. The molecule has 0 aliphatic rings. The number of hydrogen-bond donors (Lipinski definition) is 1. The van der Waals surface area contributed by atoms with E-state index in [2.05, 4.69) is 5.32 Å². The quantitative estimate of drug-likeness (QED) is 0.583. The van der Waals surface area contributed by atoms with Crippen LogP contribution < -0.4 is 5.32 Å². The number of hydrogen-bond acceptors (Lipinski definition) is 5. The van der Waals surface area contributed by atoms with Crippen LogP contribution in [0, 0.1) is 12.7 Å². The van der Waals surface area contributed by atoms with Gasteiger partial charge in [0.25, 0.3) is 11.8 Å². The summed E-state index contributed by atoms with van der Waals surface area (Å²) in [6, 6.07) is 13.6. The largest absolute Gasteiger partial charge is 0.459 e. The van der Waals surface area contributed by atoms with Gasteiger partial charge >= 0.3 is 5.97 Å². The molecule has 0 saturated heterocycles. The lowest BCUT2D eigenvalue weighted by molar-refractivity contribution is -0.133. The molecule has 160 valence electrons. The van der Waals surface area contributed by atoms with E-state index >= 15 is 0 Å². The van der Waals surface area contributed by atoms with Gasteiger partial charge in [-0.1, -0.05) is 18.2 Å². The number of ether oxygens (including phenoxy) is 1. The number of likely N-dealkylation sites (N-methyl/N-ethyl adjacent to an activating group) is 1. The Hall–Kier alpha value is -3.94. The van der Waals surface area contributed by atoms with Gasteiger partial charge in [-0.15, -0.1) is 0 Å². The van der Waals surface area contributed by atoms with Crippen LogP contribution in [-0.2, 0) is 16.1 Å². The fraction of sp³-hybridized carbons (Fsp3) is 0.174. The summed E-state index contributed by atoms with van der Waals surface area (Å²) in [5.74, 6) is -1.77. The van der Waals surface area contributed by atoms with Crippen LogP contribution in [0.15, 0.2) is 65.3 Å². The minimum Gasteiger partial charge on any atom is -0.459 e. The fourth-order valence-corrected chi connectivity index (χ4v) is 2.75. The number of aryl methyl sites for hydroxylation is 1. The summed E-state index contributed by atoms with van der Waals surface area (Å²) in [4.78, 5) is 38.2. The van der Waals surface area contributed by atoms with Gasteiger partial charge in [-0.3, -0.25) is 9.59 Å². The zero-order valence-corrected chi connectivity index (χ0v) is 17.1. The molecule has 8 heteroatoms. The Balaban J connectivity index is 1.57. The topological polar surface area (TPSA) is 88.9 Å². The number of halogens is 1. The molecule has 1 heterocycles. The highest BCUT2D eigenvalue weighted by Gasteiger charge is 2.16. The van der Waals surface area contributed by atoms with Crippen molar-refractivity contribution in [2.24, 2.45) is 0 Å².